The molecule has 37 heavy (non-hydrogen) atoms. The van der Waals surface area contributed by atoms with Gasteiger partial charge in [-0.25, -0.2) is 13.8 Å². The van der Waals surface area contributed by atoms with E-state index in [9.17, 15) is 13.6 Å². The molecule has 11 heteroatoms. The van der Waals surface area contributed by atoms with Crippen LogP contribution in [-0.2, 0) is 7.05 Å². The Labute approximate surface area is 218 Å². The lowest BCUT2D eigenvalue weighted by atomic mass is 9.96. The number of fused-ring (bicyclic) bond motifs is 3. The summed E-state index contributed by atoms with van der Waals surface area (Å²) in [6.45, 7) is 2.37. The van der Waals surface area contributed by atoms with Crippen molar-refractivity contribution in [2.75, 3.05) is 35.2 Å². The van der Waals surface area contributed by atoms with Crippen molar-refractivity contribution in [3.63, 3.8) is 0 Å². The average molecular weight is 531 g/mol. The van der Waals surface area contributed by atoms with E-state index in [-0.39, 0.29) is 31.1 Å². The predicted molar refractivity (Wildman–Crippen MR) is 141 cm³/mol. The summed E-state index contributed by atoms with van der Waals surface area (Å²) in [5.41, 5.74) is 2.04. The molecule has 3 aliphatic rings. The lowest BCUT2D eigenvalue weighted by molar-refractivity contribution is -0.0653. The smallest absolute Gasteiger partial charge is 0.295 e. The average Bonchev–Trinajstić information content (AvgIpc) is 3.72. The zero-order valence-corrected chi connectivity index (χ0v) is 21.5. The highest BCUT2D eigenvalue weighted by Gasteiger charge is 2.42. The molecule has 0 bridgehead atoms. The van der Waals surface area contributed by atoms with Crippen LogP contribution in [0.2, 0.25) is 5.02 Å². The molecule has 2 atom stereocenters. The summed E-state index contributed by atoms with van der Waals surface area (Å²) < 4.78 is 35.5. The molecule has 3 aromatic rings. The van der Waals surface area contributed by atoms with Gasteiger partial charge in [0.1, 0.15) is 5.02 Å². The summed E-state index contributed by atoms with van der Waals surface area (Å²) in [5, 5.41) is 8.04. The fourth-order valence-corrected chi connectivity index (χ4v) is 5.41. The first kappa shape index (κ1) is 24.2. The molecule has 0 unspecified atom stereocenters. The van der Waals surface area contributed by atoms with Gasteiger partial charge in [0.2, 0.25) is 11.7 Å². The maximum absolute atomic E-state index is 14.0. The number of pyridine rings is 1. The summed E-state index contributed by atoms with van der Waals surface area (Å²) in [6, 6.07) is 5.95. The number of hydrogen-bond acceptors (Lipinski definition) is 7. The molecule has 2 aromatic heterocycles. The molecular weight excluding hydrogens is 502 g/mol. The van der Waals surface area contributed by atoms with Crippen LogP contribution in [-0.4, -0.2) is 46.2 Å². The summed E-state index contributed by atoms with van der Waals surface area (Å²) in [7, 11) is 1.74. The third-order valence-corrected chi connectivity index (χ3v) is 8.03. The molecular formula is C26H29ClF2N6O2. The quantitative estimate of drug-likeness (QED) is 0.481. The minimum Gasteiger partial charge on any atom is -0.486 e. The lowest BCUT2D eigenvalue weighted by Gasteiger charge is -2.36. The van der Waals surface area contributed by atoms with Gasteiger partial charge in [0.15, 0.2) is 5.82 Å². The number of hydrogen-bond donors (Lipinski definition) is 2. The van der Waals surface area contributed by atoms with Crippen LogP contribution in [0.15, 0.2) is 29.2 Å². The molecule has 2 N–H and O–H groups in total. The van der Waals surface area contributed by atoms with Crippen molar-refractivity contribution >= 4 is 45.6 Å². The van der Waals surface area contributed by atoms with Crippen LogP contribution >= 0.6 is 11.6 Å². The molecule has 4 heterocycles. The Morgan fingerprint density at radius 3 is 2.84 bits per heavy atom. The van der Waals surface area contributed by atoms with Crippen LogP contribution in [0.1, 0.15) is 32.6 Å². The minimum atomic E-state index is -2.69. The highest BCUT2D eigenvalue weighted by atomic mass is 35.5. The van der Waals surface area contributed by atoms with Gasteiger partial charge in [-0.1, -0.05) is 18.5 Å². The normalized spacial score (nSPS) is 23.1. The van der Waals surface area contributed by atoms with Crippen LogP contribution in [0.25, 0.3) is 10.9 Å². The van der Waals surface area contributed by atoms with Gasteiger partial charge in [-0.3, -0.25) is 4.79 Å². The van der Waals surface area contributed by atoms with Crippen molar-refractivity contribution in [2.45, 2.75) is 44.6 Å². The highest BCUT2D eigenvalue weighted by Crippen LogP contribution is 2.41. The Hall–Kier alpha value is -3.14. The van der Waals surface area contributed by atoms with E-state index in [1.807, 2.05) is 18.2 Å². The number of aryl methyl sites for hydroxylation is 1. The largest absolute Gasteiger partial charge is 0.486 e. The van der Waals surface area contributed by atoms with E-state index in [0.717, 1.165) is 17.3 Å². The first-order valence-electron chi connectivity index (χ1n) is 12.7. The van der Waals surface area contributed by atoms with Gasteiger partial charge in [-0.15, -0.1) is 0 Å². The minimum absolute atomic E-state index is 0.165. The van der Waals surface area contributed by atoms with E-state index >= 15 is 0 Å². The number of ether oxygens (including phenoxy) is 1. The first-order chi connectivity index (χ1) is 17.7. The fraction of sp³-hybridized carbons (Fsp3) is 0.500. The molecule has 6 rings (SSSR count). The van der Waals surface area contributed by atoms with E-state index in [4.69, 9.17) is 16.3 Å². The van der Waals surface area contributed by atoms with Gasteiger partial charge in [-0.05, 0) is 37.0 Å². The van der Waals surface area contributed by atoms with Crippen molar-refractivity contribution in [1.82, 2.24) is 14.5 Å². The Morgan fingerprint density at radius 1 is 1.27 bits per heavy atom. The molecule has 196 valence electrons. The summed E-state index contributed by atoms with van der Waals surface area (Å²) >= 11 is 6.42. The van der Waals surface area contributed by atoms with Crippen LogP contribution in [0.3, 0.4) is 0 Å². The molecule has 1 aliphatic carbocycles. The second-order valence-corrected chi connectivity index (χ2v) is 10.8. The SMILES string of the molecule is C[C@H]1CN(c2ncc(Cl)c(Nc3ccc4c(c3)c3c(c(=O)n4C)OCC[C@H](C4CC4)N3)n2)CCC1(F)F. The highest BCUT2D eigenvalue weighted by molar-refractivity contribution is 6.32. The fourth-order valence-electron chi connectivity index (χ4n) is 5.27. The lowest BCUT2D eigenvalue weighted by Crippen LogP contribution is -2.46. The van der Waals surface area contributed by atoms with Crippen LogP contribution < -0.4 is 25.8 Å². The molecule has 2 fully saturated rings. The van der Waals surface area contributed by atoms with Crippen molar-refractivity contribution in [1.29, 1.82) is 0 Å². The monoisotopic (exact) mass is 530 g/mol. The van der Waals surface area contributed by atoms with Gasteiger partial charge >= 0.3 is 0 Å². The summed E-state index contributed by atoms with van der Waals surface area (Å²) in [6.07, 6.45) is 4.46. The first-order valence-corrected chi connectivity index (χ1v) is 13.1. The summed E-state index contributed by atoms with van der Waals surface area (Å²) in [5.74, 6) is -1.81. The third kappa shape index (κ3) is 4.45. The van der Waals surface area contributed by atoms with Crippen LogP contribution in [0, 0.1) is 11.8 Å². The van der Waals surface area contributed by atoms with E-state index in [1.165, 1.54) is 26.0 Å². The van der Waals surface area contributed by atoms with Gasteiger partial charge in [0.05, 0.1) is 24.0 Å². The van der Waals surface area contributed by atoms with Gasteiger partial charge in [0, 0.05) is 56.0 Å². The Balaban J connectivity index is 1.34. The van der Waals surface area contributed by atoms with Gasteiger partial charge < -0.3 is 24.8 Å². The molecule has 0 spiro atoms. The van der Waals surface area contributed by atoms with Crippen LogP contribution in [0.4, 0.5) is 31.9 Å². The number of aromatic nitrogens is 3. The number of anilines is 4. The number of benzene rings is 1. The number of rotatable bonds is 4. The van der Waals surface area contributed by atoms with Gasteiger partial charge in [-0.2, -0.15) is 4.98 Å². The second-order valence-electron chi connectivity index (χ2n) is 10.4. The number of halogens is 3. The molecule has 1 saturated carbocycles. The summed E-state index contributed by atoms with van der Waals surface area (Å²) in [4.78, 5) is 23.7. The third-order valence-electron chi connectivity index (χ3n) is 7.76. The van der Waals surface area contributed by atoms with E-state index < -0.39 is 11.8 Å². The number of nitrogens with one attached hydrogen (secondary N) is 2. The maximum Gasteiger partial charge on any atom is 0.295 e. The Bertz CT molecular complexity index is 1430. The second kappa shape index (κ2) is 9.01. The van der Waals surface area contributed by atoms with Crippen molar-refractivity contribution in [3.05, 3.63) is 39.8 Å². The molecule has 0 radical (unpaired) electrons. The van der Waals surface area contributed by atoms with Crippen LogP contribution in [0.5, 0.6) is 5.75 Å². The molecule has 1 saturated heterocycles. The predicted octanol–water partition coefficient (Wildman–Crippen LogP) is 5.18. The Kier molecular flexibility index (Phi) is 5.89. The standard InChI is InChI=1S/C26H29ClF2N6O2/c1-14-13-35(9-8-26(14,28)29)25-30-12-18(27)23(33-25)31-16-5-6-20-17(11-16)21-22(24(36)34(20)2)37-10-7-19(32-21)15-3-4-15/h5-6,11-12,14-15,19,32H,3-4,7-10,13H2,1-2H3,(H,30,31,33)/t14-,19+/m0/s1. The molecule has 8 nitrogen and oxygen atoms in total. The molecule has 2 aliphatic heterocycles. The van der Waals surface area contributed by atoms with E-state index in [2.05, 4.69) is 20.6 Å². The maximum atomic E-state index is 14.0. The van der Waals surface area contributed by atoms with E-state index in [1.54, 1.807) is 16.5 Å². The molecule has 1 aromatic carbocycles. The topological polar surface area (TPSA) is 84.3 Å². The van der Waals surface area contributed by atoms with Crippen molar-refractivity contribution in [3.8, 4) is 5.75 Å². The van der Waals surface area contributed by atoms with Crippen molar-refractivity contribution < 1.29 is 13.5 Å². The van der Waals surface area contributed by atoms with Crippen molar-refractivity contribution in [2.24, 2.45) is 18.9 Å². The Morgan fingerprint density at radius 2 is 2.08 bits per heavy atom. The zero-order valence-electron chi connectivity index (χ0n) is 20.7. The number of piperidine rings is 1. The number of alkyl halides is 2. The number of nitrogens with zero attached hydrogens (tertiary/aromatic N) is 4. The van der Waals surface area contributed by atoms with E-state index in [0.29, 0.717) is 46.4 Å². The van der Waals surface area contributed by atoms with Gasteiger partial charge in [0.25, 0.3) is 11.5 Å². The molecule has 0 amide bonds. The zero-order chi connectivity index (χ0) is 25.9.